The molecule has 162 valence electrons. The number of hydrogen-bond acceptors (Lipinski definition) is 5. The zero-order valence-corrected chi connectivity index (χ0v) is 17.5. The Hall–Kier alpha value is -4.18. The first kappa shape index (κ1) is 22.5. The highest BCUT2D eigenvalue weighted by atomic mass is 19.1. The molecule has 7 heteroatoms. The Morgan fingerprint density at radius 3 is 2.56 bits per heavy atom. The number of carbonyl (C=O) groups excluding carboxylic acids is 1. The highest BCUT2D eigenvalue weighted by Gasteiger charge is 2.19. The number of hydrazone groups is 1. The van der Waals surface area contributed by atoms with Gasteiger partial charge in [-0.3, -0.25) is 4.79 Å². The first-order valence-corrected chi connectivity index (χ1v) is 10.0. The van der Waals surface area contributed by atoms with Crippen LogP contribution < -0.4 is 14.9 Å². The van der Waals surface area contributed by atoms with Gasteiger partial charge in [-0.2, -0.15) is 10.4 Å². The van der Waals surface area contributed by atoms with Gasteiger partial charge in [-0.25, -0.2) is 9.82 Å². The monoisotopic (exact) mass is 431 g/mol. The molecular weight excluding hydrogens is 409 g/mol. The Labute approximate surface area is 185 Å². The van der Waals surface area contributed by atoms with Crippen LogP contribution in [0, 0.1) is 17.1 Å². The van der Waals surface area contributed by atoms with Crippen LogP contribution in [0.3, 0.4) is 0 Å². The lowest BCUT2D eigenvalue weighted by atomic mass is 10.0. The Morgan fingerprint density at radius 1 is 1.09 bits per heavy atom. The summed E-state index contributed by atoms with van der Waals surface area (Å²) in [6.07, 6.45) is 1.44. The van der Waals surface area contributed by atoms with Gasteiger partial charge in [0.05, 0.1) is 18.9 Å². The molecule has 0 heterocycles. The van der Waals surface area contributed by atoms with Crippen LogP contribution in [0.5, 0.6) is 11.5 Å². The molecule has 1 N–H and O–H groups in total. The lowest BCUT2D eigenvalue weighted by Crippen LogP contribution is -2.24. The number of hydrogen-bond donors (Lipinski definition) is 1. The number of benzene rings is 3. The third-order valence-electron chi connectivity index (χ3n) is 4.52. The molecule has 0 aromatic heterocycles. The molecule has 0 saturated carbocycles. The molecule has 0 bridgehead atoms. The van der Waals surface area contributed by atoms with Crippen molar-refractivity contribution in [2.75, 3.05) is 6.61 Å². The smallest absolute Gasteiger partial charge is 0.261 e. The van der Waals surface area contributed by atoms with E-state index in [2.05, 4.69) is 10.5 Å². The highest BCUT2D eigenvalue weighted by Crippen LogP contribution is 2.29. The van der Waals surface area contributed by atoms with Crippen molar-refractivity contribution in [3.63, 3.8) is 0 Å². The zero-order valence-electron chi connectivity index (χ0n) is 17.5. The van der Waals surface area contributed by atoms with E-state index in [9.17, 15) is 14.4 Å². The van der Waals surface area contributed by atoms with E-state index in [0.29, 0.717) is 34.8 Å². The van der Waals surface area contributed by atoms with Gasteiger partial charge in [-0.05, 0) is 42.3 Å². The van der Waals surface area contributed by atoms with Crippen LogP contribution in [-0.4, -0.2) is 18.7 Å². The summed E-state index contributed by atoms with van der Waals surface area (Å²) in [5.74, 6) is -0.884. The highest BCUT2D eigenvalue weighted by molar-refractivity contribution is 5.88. The second-order valence-electron chi connectivity index (χ2n) is 6.73. The van der Waals surface area contributed by atoms with Crippen molar-refractivity contribution in [1.82, 2.24) is 5.43 Å². The number of nitrogens with one attached hydrogen (secondary N) is 1. The third kappa shape index (κ3) is 5.92. The first-order valence-electron chi connectivity index (χ1n) is 10.0. The molecule has 0 spiro atoms. The van der Waals surface area contributed by atoms with Crippen molar-refractivity contribution in [3.05, 3.63) is 95.3 Å². The molecule has 0 saturated heterocycles. The maximum atomic E-state index is 13.8. The minimum Gasteiger partial charge on any atom is -0.490 e. The summed E-state index contributed by atoms with van der Waals surface area (Å²) in [7, 11) is 0. The van der Waals surface area contributed by atoms with Crippen molar-refractivity contribution >= 4 is 12.1 Å². The number of halogens is 1. The topological polar surface area (TPSA) is 83.7 Å². The van der Waals surface area contributed by atoms with Gasteiger partial charge in [0.2, 0.25) is 0 Å². The summed E-state index contributed by atoms with van der Waals surface area (Å²) in [4.78, 5) is 12.3. The van der Waals surface area contributed by atoms with E-state index in [4.69, 9.17) is 9.47 Å². The predicted molar refractivity (Wildman–Crippen MR) is 119 cm³/mol. The maximum absolute atomic E-state index is 13.8. The van der Waals surface area contributed by atoms with E-state index in [1.807, 2.05) is 19.1 Å². The van der Waals surface area contributed by atoms with E-state index in [0.717, 1.165) is 0 Å². The average Bonchev–Trinajstić information content (AvgIpc) is 2.81. The fourth-order valence-corrected chi connectivity index (χ4v) is 2.93. The number of rotatable bonds is 9. The minimum atomic E-state index is -0.957. The largest absolute Gasteiger partial charge is 0.490 e. The van der Waals surface area contributed by atoms with Gasteiger partial charge >= 0.3 is 0 Å². The molecular formula is C25H22FN3O3. The lowest BCUT2D eigenvalue weighted by Gasteiger charge is -2.13. The normalized spacial score (nSPS) is 11.5. The van der Waals surface area contributed by atoms with Gasteiger partial charge in [-0.1, -0.05) is 48.5 Å². The van der Waals surface area contributed by atoms with Crippen LogP contribution in [0.25, 0.3) is 0 Å². The minimum absolute atomic E-state index is 0.0608. The van der Waals surface area contributed by atoms with Gasteiger partial charge in [0, 0.05) is 5.56 Å². The fourth-order valence-electron chi connectivity index (χ4n) is 2.93. The number of nitrogens with zero attached hydrogens (tertiary/aromatic N) is 2. The molecule has 1 amide bonds. The summed E-state index contributed by atoms with van der Waals surface area (Å²) >= 11 is 0. The standard InChI is InChI=1S/C25H22FN3O3/c1-2-31-24-14-18(12-13-23(24)32-17-20-10-6-7-11-22(20)26)16-28-29-25(30)21(15-27)19-8-4-3-5-9-19/h3-14,16,21H,2,17H2,1H3,(H,29,30)/b28-16-/t21-/m1/s1. The molecule has 0 aliphatic heterocycles. The van der Waals surface area contributed by atoms with E-state index in [1.165, 1.54) is 12.3 Å². The molecule has 3 rings (SSSR count). The molecule has 0 unspecified atom stereocenters. The molecule has 6 nitrogen and oxygen atoms in total. The van der Waals surface area contributed by atoms with Crippen LogP contribution >= 0.6 is 0 Å². The van der Waals surface area contributed by atoms with Crippen molar-refractivity contribution in [2.24, 2.45) is 5.10 Å². The summed E-state index contributed by atoms with van der Waals surface area (Å²) < 4.78 is 25.2. The molecule has 32 heavy (non-hydrogen) atoms. The van der Waals surface area contributed by atoms with E-state index in [1.54, 1.807) is 60.7 Å². The second-order valence-corrected chi connectivity index (χ2v) is 6.73. The number of nitriles is 1. The van der Waals surface area contributed by atoms with Crippen LogP contribution in [0.1, 0.15) is 29.5 Å². The molecule has 1 atom stereocenters. The molecule has 0 radical (unpaired) electrons. The van der Waals surface area contributed by atoms with Crippen molar-refractivity contribution in [3.8, 4) is 17.6 Å². The summed E-state index contributed by atoms with van der Waals surface area (Å²) in [5, 5.41) is 13.3. The van der Waals surface area contributed by atoms with Crippen LogP contribution in [-0.2, 0) is 11.4 Å². The zero-order chi connectivity index (χ0) is 22.8. The first-order chi connectivity index (χ1) is 15.6. The van der Waals surface area contributed by atoms with Crippen LogP contribution in [0.15, 0.2) is 77.9 Å². The SMILES string of the molecule is CCOc1cc(/C=N\NC(=O)[C@H](C#N)c2ccccc2)ccc1OCc1ccccc1F. The van der Waals surface area contributed by atoms with E-state index in [-0.39, 0.29) is 12.4 Å². The fraction of sp³-hybridized carbons (Fsp3) is 0.160. The Bertz CT molecular complexity index is 1130. The van der Waals surface area contributed by atoms with Crippen molar-refractivity contribution in [2.45, 2.75) is 19.4 Å². The average molecular weight is 431 g/mol. The van der Waals surface area contributed by atoms with Crippen LogP contribution in [0.4, 0.5) is 4.39 Å². The van der Waals surface area contributed by atoms with Crippen molar-refractivity contribution in [1.29, 1.82) is 5.26 Å². The van der Waals surface area contributed by atoms with E-state index >= 15 is 0 Å². The Kier molecular flexibility index (Phi) is 7.93. The second kappa shape index (κ2) is 11.3. The predicted octanol–water partition coefficient (Wildman–Crippen LogP) is 4.56. The molecule has 0 fully saturated rings. The number of carbonyl (C=O) groups is 1. The number of ether oxygens (including phenoxy) is 2. The molecule has 3 aromatic rings. The molecule has 0 aliphatic carbocycles. The van der Waals surface area contributed by atoms with E-state index < -0.39 is 11.8 Å². The van der Waals surface area contributed by atoms with Gasteiger partial charge in [0.25, 0.3) is 5.91 Å². The molecule has 0 aliphatic rings. The summed E-state index contributed by atoms with van der Waals surface area (Å²) in [6.45, 7) is 2.31. The lowest BCUT2D eigenvalue weighted by molar-refractivity contribution is -0.121. The number of amides is 1. The summed E-state index contributed by atoms with van der Waals surface area (Å²) in [6, 6.07) is 22.3. The van der Waals surface area contributed by atoms with Gasteiger partial charge < -0.3 is 9.47 Å². The van der Waals surface area contributed by atoms with Gasteiger partial charge in [0.1, 0.15) is 12.4 Å². The Balaban J connectivity index is 1.67. The van der Waals surface area contributed by atoms with Crippen LogP contribution in [0.2, 0.25) is 0 Å². The van der Waals surface area contributed by atoms with Gasteiger partial charge in [0.15, 0.2) is 17.4 Å². The van der Waals surface area contributed by atoms with Gasteiger partial charge in [-0.15, -0.1) is 0 Å². The maximum Gasteiger partial charge on any atom is 0.261 e. The molecule has 3 aromatic carbocycles. The quantitative estimate of drug-likeness (QED) is 0.398. The van der Waals surface area contributed by atoms with Crippen molar-refractivity contribution < 1.29 is 18.7 Å². The third-order valence-corrected chi connectivity index (χ3v) is 4.52. The summed E-state index contributed by atoms with van der Waals surface area (Å²) in [5.41, 5.74) is 4.08. The Morgan fingerprint density at radius 2 is 1.84 bits per heavy atom.